The minimum absolute atomic E-state index is 0.0623. The van der Waals surface area contributed by atoms with Gasteiger partial charge in [-0.3, -0.25) is 4.90 Å². The first kappa shape index (κ1) is 14.4. The molecule has 0 bridgehead atoms. The number of hydrogen-bond acceptors (Lipinski definition) is 2. The first-order valence-corrected chi connectivity index (χ1v) is 6.91. The largest absolute Gasteiger partial charge is 0.330 e. The van der Waals surface area contributed by atoms with Gasteiger partial charge >= 0.3 is 0 Å². The van der Waals surface area contributed by atoms with Gasteiger partial charge in [0.05, 0.1) is 0 Å². The van der Waals surface area contributed by atoms with Crippen molar-refractivity contribution in [1.29, 1.82) is 0 Å². The molecule has 0 aliphatic heterocycles. The molecule has 0 radical (unpaired) electrons. The summed E-state index contributed by atoms with van der Waals surface area (Å²) in [6.45, 7) is 2.72. The van der Waals surface area contributed by atoms with Crippen LogP contribution in [0.5, 0.6) is 0 Å². The summed E-state index contributed by atoms with van der Waals surface area (Å²) in [7, 11) is 2.05. The predicted molar refractivity (Wildman–Crippen MR) is 72.7 cm³/mol. The number of nitrogens with zero attached hydrogens (tertiary/aromatic N) is 1. The van der Waals surface area contributed by atoms with Gasteiger partial charge in [0.2, 0.25) is 0 Å². The van der Waals surface area contributed by atoms with Crippen LogP contribution in [-0.4, -0.2) is 24.5 Å². The van der Waals surface area contributed by atoms with Crippen LogP contribution in [0.3, 0.4) is 0 Å². The van der Waals surface area contributed by atoms with E-state index in [0.29, 0.717) is 18.5 Å². The molecule has 0 heterocycles. The van der Waals surface area contributed by atoms with E-state index in [0.717, 1.165) is 18.4 Å². The summed E-state index contributed by atoms with van der Waals surface area (Å²) >= 11 is 0. The second-order valence-corrected chi connectivity index (χ2v) is 5.51. The Bertz CT molecular complexity index is 436. The van der Waals surface area contributed by atoms with Gasteiger partial charge in [-0.25, -0.2) is 8.78 Å². The van der Waals surface area contributed by atoms with Crippen molar-refractivity contribution in [2.75, 3.05) is 13.6 Å². The lowest BCUT2D eigenvalue weighted by Gasteiger charge is -2.34. The number of halogens is 2. The molecule has 1 aliphatic carbocycles. The highest BCUT2D eigenvalue weighted by Crippen LogP contribution is 2.33. The second-order valence-electron chi connectivity index (χ2n) is 5.51. The lowest BCUT2D eigenvalue weighted by atomic mass is 9.99. The molecule has 4 heteroatoms. The van der Waals surface area contributed by atoms with Crippen molar-refractivity contribution < 1.29 is 8.78 Å². The number of benzene rings is 1. The molecule has 3 unspecified atom stereocenters. The van der Waals surface area contributed by atoms with Crippen molar-refractivity contribution in [2.24, 2.45) is 11.7 Å². The monoisotopic (exact) mass is 268 g/mol. The standard InChI is InChI=1S/C15H22F2N2/c1-10(11-6-7-13(16)14(17)8-11)19(2)15-5-3-4-12(15)9-18/h6-8,10,12,15H,3-5,9,18H2,1-2H3. The van der Waals surface area contributed by atoms with Crippen LogP contribution in [0.1, 0.15) is 37.8 Å². The quantitative estimate of drug-likeness (QED) is 0.909. The Balaban J connectivity index is 2.13. The van der Waals surface area contributed by atoms with Crippen LogP contribution in [0.4, 0.5) is 8.78 Å². The maximum atomic E-state index is 13.3. The van der Waals surface area contributed by atoms with Gasteiger partial charge in [0.15, 0.2) is 11.6 Å². The van der Waals surface area contributed by atoms with Crippen molar-refractivity contribution in [3.05, 3.63) is 35.4 Å². The maximum absolute atomic E-state index is 13.3. The molecule has 1 fully saturated rings. The smallest absolute Gasteiger partial charge is 0.159 e. The predicted octanol–water partition coefficient (Wildman–Crippen LogP) is 3.09. The van der Waals surface area contributed by atoms with E-state index in [1.807, 2.05) is 14.0 Å². The molecule has 1 saturated carbocycles. The van der Waals surface area contributed by atoms with Gasteiger partial charge in [0.25, 0.3) is 0 Å². The SMILES string of the molecule is CC(c1ccc(F)c(F)c1)N(C)C1CCCC1CN. The first-order valence-electron chi connectivity index (χ1n) is 6.91. The molecule has 106 valence electrons. The third-order valence-corrected chi connectivity index (χ3v) is 4.48. The van der Waals surface area contributed by atoms with Crippen LogP contribution < -0.4 is 5.73 Å². The number of nitrogens with two attached hydrogens (primary N) is 1. The van der Waals surface area contributed by atoms with Gasteiger partial charge in [-0.2, -0.15) is 0 Å². The molecular formula is C15H22F2N2. The Hall–Kier alpha value is -1.00. The van der Waals surface area contributed by atoms with Gasteiger partial charge < -0.3 is 5.73 Å². The van der Waals surface area contributed by atoms with Crippen LogP contribution >= 0.6 is 0 Å². The van der Waals surface area contributed by atoms with Gasteiger partial charge in [-0.05, 0) is 57.0 Å². The zero-order valence-electron chi connectivity index (χ0n) is 11.6. The molecule has 1 aromatic rings. The van der Waals surface area contributed by atoms with Crippen LogP contribution in [-0.2, 0) is 0 Å². The van der Waals surface area contributed by atoms with Gasteiger partial charge in [-0.1, -0.05) is 12.5 Å². The van der Waals surface area contributed by atoms with Crippen molar-refractivity contribution >= 4 is 0 Å². The van der Waals surface area contributed by atoms with Crippen LogP contribution in [0.15, 0.2) is 18.2 Å². The van der Waals surface area contributed by atoms with E-state index in [9.17, 15) is 8.78 Å². The summed E-state index contributed by atoms with van der Waals surface area (Å²) in [6, 6.07) is 4.65. The van der Waals surface area contributed by atoms with Gasteiger partial charge in [-0.15, -0.1) is 0 Å². The molecule has 2 rings (SSSR count). The summed E-state index contributed by atoms with van der Waals surface area (Å²) in [5.74, 6) is -1.06. The van der Waals surface area contributed by atoms with Crippen LogP contribution in [0, 0.1) is 17.6 Å². The maximum Gasteiger partial charge on any atom is 0.159 e. The van der Waals surface area contributed by atoms with E-state index in [-0.39, 0.29) is 6.04 Å². The lowest BCUT2D eigenvalue weighted by Crippen LogP contribution is -2.39. The summed E-state index contributed by atoms with van der Waals surface area (Å²) in [5, 5.41) is 0. The highest BCUT2D eigenvalue weighted by molar-refractivity contribution is 5.21. The van der Waals surface area contributed by atoms with Crippen molar-refractivity contribution in [3.8, 4) is 0 Å². The second kappa shape index (κ2) is 5.97. The third-order valence-electron chi connectivity index (χ3n) is 4.48. The Morgan fingerprint density at radius 2 is 2.05 bits per heavy atom. The van der Waals surface area contributed by atoms with E-state index in [4.69, 9.17) is 5.73 Å². The van der Waals surface area contributed by atoms with E-state index in [1.54, 1.807) is 6.07 Å². The minimum atomic E-state index is -0.792. The van der Waals surface area contributed by atoms with Crippen molar-refractivity contribution in [2.45, 2.75) is 38.3 Å². The topological polar surface area (TPSA) is 29.3 Å². The molecule has 1 aromatic carbocycles. The van der Waals surface area contributed by atoms with Crippen LogP contribution in [0.2, 0.25) is 0 Å². The van der Waals surface area contributed by atoms with E-state index in [1.165, 1.54) is 18.6 Å². The number of hydrogen-bond donors (Lipinski definition) is 1. The Morgan fingerprint density at radius 3 is 2.68 bits per heavy atom. The summed E-state index contributed by atoms with van der Waals surface area (Å²) in [4.78, 5) is 2.25. The molecular weight excluding hydrogens is 246 g/mol. The molecule has 0 spiro atoms. The zero-order chi connectivity index (χ0) is 14.0. The molecule has 19 heavy (non-hydrogen) atoms. The lowest BCUT2D eigenvalue weighted by molar-refractivity contribution is 0.152. The molecule has 3 atom stereocenters. The summed E-state index contributed by atoms with van der Waals surface area (Å²) < 4.78 is 26.3. The highest BCUT2D eigenvalue weighted by atomic mass is 19.2. The van der Waals surface area contributed by atoms with Gasteiger partial charge in [0.1, 0.15) is 0 Å². The third kappa shape index (κ3) is 2.95. The van der Waals surface area contributed by atoms with E-state index >= 15 is 0 Å². The van der Waals surface area contributed by atoms with Crippen molar-refractivity contribution in [3.63, 3.8) is 0 Å². The fraction of sp³-hybridized carbons (Fsp3) is 0.600. The fourth-order valence-corrected chi connectivity index (χ4v) is 3.12. The Kier molecular flexibility index (Phi) is 4.53. The highest BCUT2D eigenvalue weighted by Gasteiger charge is 2.31. The summed E-state index contributed by atoms with van der Waals surface area (Å²) in [6.07, 6.45) is 3.49. The molecule has 0 saturated heterocycles. The molecule has 2 nitrogen and oxygen atoms in total. The van der Waals surface area contributed by atoms with E-state index < -0.39 is 11.6 Å². The average Bonchev–Trinajstić information content (AvgIpc) is 2.88. The zero-order valence-corrected chi connectivity index (χ0v) is 11.6. The first-order chi connectivity index (χ1) is 9.04. The molecule has 1 aliphatic rings. The average molecular weight is 268 g/mol. The molecule has 0 aromatic heterocycles. The van der Waals surface area contributed by atoms with Gasteiger partial charge in [0, 0.05) is 12.1 Å². The fourth-order valence-electron chi connectivity index (χ4n) is 3.12. The molecule has 0 amide bonds. The summed E-state index contributed by atoms with van der Waals surface area (Å²) in [5.41, 5.74) is 6.62. The number of rotatable bonds is 4. The minimum Gasteiger partial charge on any atom is -0.330 e. The Labute approximate surface area is 113 Å². The normalized spacial score (nSPS) is 24.9. The van der Waals surface area contributed by atoms with Crippen LogP contribution in [0.25, 0.3) is 0 Å². The van der Waals surface area contributed by atoms with E-state index in [2.05, 4.69) is 4.90 Å². The van der Waals surface area contributed by atoms with Crippen molar-refractivity contribution in [1.82, 2.24) is 4.90 Å². The Morgan fingerprint density at radius 1 is 1.32 bits per heavy atom. The molecule has 2 N–H and O–H groups in total.